The van der Waals surface area contributed by atoms with E-state index in [9.17, 15) is 0 Å². The Labute approximate surface area is 116 Å². The van der Waals surface area contributed by atoms with Crippen LogP contribution >= 0.6 is 12.2 Å². The number of benzene rings is 1. The highest BCUT2D eigenvalue weighted by atomic mass is 32.1. The van der Waals surface area contributed by atoms with E-state index in [-0.39, 0.29) is 6.04 Å². The minimum atomic E-state index is 0.258. The molecule has 0 fully saturated rings. The summed E-state index contributed by atoms with van der Waals surface area (Å²) in [5.41, 5.74) is 2.01. The SMILES string of the molecule is CC(C)n1c(-c2cccc3ncccc23)n[nH]c1=S. The Morgan fingerprint density at radius 1 is 1.21 bits per heavy atom. The Bertz CT molecular complexity index is 780. The summed E-state index contributed by atoms with van der Waals surface area (Å²) >= 11 is 5.30. The first-order valence-corrected chi connectivity index (χ1v) is 6.60. The Morgan fingerprint density at radius 2 is 2.05 bits per heavy atom. The molecule has 0 saturated carbocycles. The zero-order valence-corrected chi connectivity index (χ0v) is 11.6. The molecule has 0 aliphatic heterocycles. The first kappa shape index (κ1) is 12.0. The molecule has 96 valence electrons. The molecular formula is C14H14N4S. The highest BCUT2D eigenvalue weighted by Crippen LogP contribution is 2.27. The number of fused-ring (bicyclic) bond motifs is 1. The molecule has 1 N–H and O–H groups in total. The van der Waals surface area contributed by atoms with Crippen molar-refractivity contribution in [2.45, 2.75) is 19.9 Å². The molecule has 1 aromatic carbocycles. The molecule has 2 heterocycles. The monoisotopic (exact) mass is 270 g/mol. The van der Waals surface area contributed by atoms with E-state index in [1.807, 2.05) is 28.8 Å². The molecular weight excluding hydrogens is 256 g/mol. The lowest BCUT2D eigenvalue weighted by Gasteiger charge is -2.11. The Kier molecular flexibility index (Phi) is 2.91. The molecule has 0 bridgehead atoms. The van der Waals surface area contributed by atoms with Gasteiger partial charge in [-0.2, -0.15) is 5.10 Å². The smallest absolute Gasteiger partial charge is 0.195 e. The summed E-state index contributed by atoms with van der Waals surface area (Å²) in [6, 6.07) is 10.3. The molecule has 5 heteroatoms. The maximum absolute atomic E-state index is 5.30. The highest BCUT2D eigenvalue weighted by Gasteiger charge is 2.13. The van der Waals surface area contributed by atoms with E-state index in [0.29, 0.717) is 4.77 Å². The third kappa shape index (κ3) is 1.96. The van der Waals surface area contributed by atoms with Crippen molar-refractivity contribution >= 4 is 23.1 Å². The molecule has 0 amide bonds. The molecule has 0 radical (unpaired) electrons. The first-order chi connectivity index (χ1) is 9.18. The molecule has 0 spiro atoms. The summed E-state index contributed by atoms with van der Waals surface area (Å²) in [4.78, 5) is 4.38. The summed E-state index contributed by atoms with van der Waals surface area (Å²) in [6.45, 7) is 4.19. The van der Waals surface area contributed by atoms with Crippen molar-refractivity contribution in [3.8, 4) is 11.4 Å². The van der Waals surface area contributed by atoms with Gasteiger partial charge in [0.05, 0.1) is 5.52 Å². The van der Waals surface area contributed by atoms with Crippen LogP contribution in [0.3, 0.4) is 0 Å². The first-order valence-electron chi connectivity index (χ1n) is 6.19. The van der Waals surface area contributed by atoms with Crippen molar-refractivity contribution in [2.75, 3.05) is 0 Å². The van der Waals surface area contributed by atoms with Crippen LogP contribution in [0.1, 0.15) is 19.9 Å². The lowest BCUT2D eigenvalue weighted by atomic mass is 10.1. The third-order valence-corrected chi connectivity index (χ3v) is 3.40. The zero-order chi connectivity index (χ0) is 13.4. The van der Waals surface area contributed by atoms with Crippen LogP contribution in [0.5, 0.6) is 0 Å². The topological polar surface area (TPSA) is 46.5 Å². The number of nitrogens with one attached hydrogen (secondary N) is 1. The van der Waals surface area contributed by atoms with Gasteiger partial charge in [-0.3, -0.25) is 14.6 Å². The fourth-order valence-corrected chi connectivity index (χ4v) is 2.62. The molecule has 19 heavy (non-hydrogen) atoms. The average molecular weight is 270 g/mol. The molecule has 4 nitrogen and oxygen atoms in total. The normalized spacial score (nSPS) is 11.3. The van der Waals surface area contributed by atoms with Crippen molar-refractivity contribution in [1.29, 1.82) is 0 Å². The lowest BCUT2D eigenvalue weighted by molar-refractivity contribution is 0.597. The molecule has 0 aliphatic carbocycles. The quantitative estimate of drug-likeness (QED) is 0.722. The summed E-state index contributed by atoms with van der Waals surface area (Å²) in [6.07, 6.45) is 1.80. The predicted molar refractivity (Wildman–Crippen MR) is 78.5 cm³/mol. The molecule has 3 rings (SSSR count). The van der Waals surface area contributed by atoms with Crippen molar-refractivity contribution in [2.24, 2.45) is 0 Å². The third-order valence-electron chi connectivity index (χ3n) is 3.11. The van der Waals surface area contributed by atoms with E-state index in [4.69, 9.17) is 12.2 Å². The van der Waals surface area contributed by atoms with E-state index in [1.54, 1.807) is 6.20 Å². The second kappa shape index (κ2) is 4.59. The number of H-pyrrole nitrogens is 1. The maximum atomic E-state index is 5.30. The number of aromatic nitrogens is 4. The molecule has 0 atom stereocenters. The van der Waals surface area contributed by atoms with Crippen LogP contribution in [0.4, 0.5) is 0 Å². The van der Waals surface area contributed by atoms with Gasteiger partial charge >= 0.3 is 0 Å². The van der Waals surface area contributed by atoms with Crippen LogP contribution in [0.2, 0.25) is 0 Å². The van der Waals surface area contributed by atoms with Gasteiger partial charge in [0.2, 0.25) is 0 Å². The van der Waals surface area contributed by atoms with Gasteiger partial charge in [-0.25, -0.2) is 0 Å². The van der Waals surface area contributed by atoms with Crippen LogP contribution in [0, 0.1) is 4.77 Å². The van der Waals surface area contributed by atoms with Crippen molar-refractivity contribution in [1.82, 2.24) is 19.7 Å². The second-order valence-corrected chi connectivity index (χ2v) is 5.08. The molecule has 2 aromatic heterocycles. The largest absolute Gasteiger partial charge is 0.298 e. The fourth-order valence-electron chi connectivity index (χ4n) is 2.27. The summed E-state index contributed by atoms with van der Waals surface area (Å²) in [7, 11) is 0. The second-order valence-electron chi connectivity index (χ2n) is 4.69. The Hall–Kier alpha value is -2.01. The van der Waals surface area contributed by atoms with Crippen LogP contribution in [0.15, 0.2) is 36.5 Å². The number of hydrogen-bond acceptors (Lipinski definition) is 3. The van der Waals surface area contributed by atoms with Crippen LogP contribution in [0.25, 0.3) is 22.3 Å². The number of pyridine rings is 1. The van der Waals surface area contributed by atoms with E-state index >= 15 is 0 Å². The van der Waals surface area contributed by atoms with Crippen molar-refractivity contribution in [3.63, 3.8) is 0 Å². The van der Waals surface area contributed by atoms with Gasteiger partial charge in [-0.15, -0.1) is 0 Å². The standard InChI is InChI=1S/C14H14N4S/c1-9(2)18-13(16-17-14(18)19)11-5-3-7-12-10(11)6-4-8-15-12/h3-9H,1-2H3,(H,17,19). The predicted octanol–water partition coefficient (Wildman–Crippen LogP) is 3.74. The van der Waals surface area contributed by atoms with Gasteiger partial charge in [0.25, 0.3) is 0 Å². The van der Waals surface area contributed by atoms with E-state index in [1.165, 1.54) is 0 Å². The van der Waals surface area contributed by atoms with Gasteiger partial charge < -0.3 is 0 Å². The minimum absolute atomic E-state index is 0.258. The van der Waals surface area contributed by atoms with Crippen LogP contribution in [-0.2, 0) is 0 Å². The molecule has 3 aromatic rings. The van der Waals surface area contributed by atoms with Crippen LogP contribution in [-0.4, -0.2) is 19.7 Å². The van der Waals surface area contributed by atoms with Crippen molar-refractivity contribution in [3.05, 3.63) is 41.3 Å². The van der Waals surface area contributed by atoms with E-state index in [0.717, 1.165) is 22.3 Å². The summed E-state index contributed by atoms with van der Waals surface area (Å²) < 4.78 is 2.67. The maximum Gasteiger partial charge on any atom is 0.195 e. The number of rotatable bonds is 2. The number of hydrogen-bond donors (Lipinski definition) is 1. The molecule has 0 saturated heterocycles. The van der Waals surface area contributed by atoms with Crippen molar-refractivity contribution < 1.29 is 0 Å². The van der Waals surface area contributed by atoms with Gasteiger partial charge in [-0.05, 0) is 38.2 Å². The average Bonchev–Trinajstić information content (AvgIpc) is 2.80. The van der Waals surface area contributed by atoms with Gasteiger partial charge in [0, 0.05) is 23.2 Å². The Morgan fingerprint density at radius 3 is 2.84 bits per heavy atom. The van der Waals surface area contributed by atoms with E-state index < -0.39 is 0 Å². The van der Waals surface area contributed by atoms with E-state index in [2.05, 4.69) is 35.1 Å². The van der Waals surface area contributed by atoms with Crippen LogP contribution < -0.4 is 0 Å². The summed E-state index contributed by atoms with van der Waals surface area (Å²) in [5.74, 6) is 0.860. The summed E-state index contributed by atoms with van der Waals surface area (Å²) in [5, 5.41) is 8.34. The van der Waals surface area contributed by atoms with Gasteiger partial charge in [0.15, 0.2) is 10.6 Å². The van der Waals surface area contributed by atoms with Gasteiger partial charge in [0.1, 0.15) is 0 Å². The highest BCUT2D eigenvalue weighted by molar-refractivity contribution is 7.71. The lowest BCUT2D eigenvalue weighted by Crippen LogP contribution is -2.03. The number of nitrogens with zero attached hydrogens (tertiary/aromatic N) is 3. The van der Waals surface area contributed by atoms with Gasteiger partial charge in [-0.1, -0.05) is 18.2 Å². The minimum Gasteiger partial charge on any atom is -0.298 e. The molecule has 0 unspecified atom stereocenters. The Balaban J connectivity index is 2.34. The number of aromatic amines is 1. The zero-order valence-electron chi connectivity index (χ0n) is 10.8. The molecule has 0 aliphatic rings. The fraction of sp³-hybridized carbons (Fsp3) is 0.214.